The Morgan fingerprint density at radius 1 is 1.44 bits per heavy atom. The number of rotatable bonds is 7. The number of ether oxygens (including phenoxy) is 1. The van der Waals surface area contributed by atoms with Crippen LogP contribution in [0.1, 0.15) is 32.0 Å². The third-order valence-corrected chi connectivity index (χ3v) is 2.53. The molecule has 0 radical (unpaired) electrons. The Balaban J connectivity index is 2.39. The predicted molar refractivity (Wildman–Crippen MR) is 61.0 cm³/mol. The van der Waals surface area contributed by atoms with Crippen molar-refractivity contribution in [1.29, 1.82) is 0 Å². The van der Waals surface area contributed by atoms with Crippen LogP contribution in [0.4, 0.5) is 0 Å². The summed E-state index contributed by atoms with van der Waals surface area (Å²) in [6.07, 6.45) is 2.34. The summed E-state index contributed by atoms with van der Waals surface area (Å²) < 4.78 is 10.1. The van der Waals surface area contributed by atoms with Gasteiger partial charge in [0.1, 0.15) is 0 Å². The smallest absolute Gasteiger partial charge is 0.228 e. The van der Waals surface area contributed by atoms with Gasteiger partial charge in [0.25, 0.3) is 0 Å². The van der Waals surface area contributed by atoms with E-state index in [9.17, 15) is 0 Å². The van der Waals surface area contributed by atoms with E-state index in [0.29, 0.717) is 18.2 Å². The minimum Gasteiger partial charge on any atom is -0.385 e. The first-order chi connectivity index (χ1) is 7.63. The van der Waals surface area contributed by atoms with Gasteiger partial charge in [-0.05, 0) is 12.3 Å². The van der Waals surface area contributed by atoms with E-state index in [1.165, 1.54) is 0 Å². The zero-order valence-corrected chi connectivity index (χ0v) is 10.3. The van der Waals surface area contributed by atoms with Crippen LogP contribution in [0.2, 0.25) is 0 Å². The van der Waals surface area contributed by atoms with E-state index in [1.807, 2.05) is 0 Å². The van der Waals surface area contributed by atoms with Gasteiger partial charge in [-0.1, -0.05) is 19.0 Å². The summed E-state index contributed by atoms with van der Waals surface area (Å²) in [5.74, 6) is 1.79. The van der Waals surface area contributed by atoms with Crippen molar-refractivity contribution in [1.82, 2.24) is 10.1 Å². The number of aryl methyl sites for hydroxylation is 1. The highest BCUT2D eigenvalue weighted by Gasteiger charge is 2.13. The standard InChI is InChI=1S/C11H21N3O2/c1-8(2)9(12)7-11-13-10(14-16-11)5-4-6-15-3/h8-9H,4-7,12H2,1-3H3. The molecule has 1 heterocycles. The van der Waals surface area contributed by atoms with E-state index in [2.05, 4.69) is 24.0 Å². The summed E-state index contributed by atoms with van der Waals surface area (Å²) in [4.78, 5) is 4.29. The summed E-state index contributed by atoms with van der Waals surface area (Å²) in [6.45, 7) is 4.89. The van der Waals surface area contributed by atoms with Crippen LogP contribution in [0.5, 0.6) is 0 Å². The van der Waals surface area contributed by atoms with Crippen molar-refractivity contribution < 1.29 is 9.26 Å². The van der Waals surface area contributed by atoms with Gasteiger partial charge in [-0.3, -0.25) is 0 Å². The van der Waals surface area contributed by atoms with Gasteiger partial charge >= 0.3 is 0 Å². The maximum absolute atomic E-state index is 5.93. The van der Waals surface area contributed by atoms with E-state index < -0.39 is 0 Å². The first-order valence-electron chi connectivity index (χ1n) is 5.69. The van der Waals surface area contributed by atoms with Gasteiger partial charge in [-0.25, -0.2) is 0 Å². The van der Waals surface area contributed by atoms with E-state index in [0.717, 1.165) is 25.3 Å². The van der Waals surface area contributed by atoms with Gasteiger partial charge in [0.2, 0.25) is 5.89 Å². The highest BCUT2D eigenvalue weighted by Crippen LogP contribution is 2.07. The zero-order chi connectivity index (χ0) is 12.0. The molecular formula is C11H21N3O2. The Bertz CT molecular complexity index is 299. The van der Waals surface area contributed by atoms with Crippen molar-refractivity contribution >= 4 is 0 Å². The lowest BCUT2D eigenvalue weighted by atomic mass is 10.0. The molecule has 0 spiro atoms. The van der Waals surface area contributed by atoms with Crippen molar-refractivity contribution in [2.75, 3.05) is 13.7 Å². The van der Waals surface area contributed by atoms with Crippen molar-refractivity contribution in [2.24, 2.45) is 11.7 Å². The minimum absolute atomic E-state index is 0.0762. The molecule has 16 heavy (non-hydrogen) atoms. The van der Waals surface area contributed by atoms with Gasteiger partial charge in [-0.15, -0.1) is 0 Å². The summed E-state index contributed by atoms with van der Waals surface area (Å²) in [5.41, 5.74) is 5.93. The molecule has 0 aliphatic rings. The summed E-state index contributed by atoms with van der Waals surface area (Å²) in [7, 11) is 1.68. The van der Waals surface area contributed by atoms with Gasteiger partial charge in [0.05, 0.1) is 0 Å². The molecule has 92 valence electrons. The fraction of sp³-hybridized carbons (Fsp3) is 0.818. The normalized spacial score (nSPS) is 13.3. The SMILES string of the molecule is COCCCc1noc(CC(N)C(C)C)n1. The molecule has 1 rings (SSSR count). The Kier molecular flexibility index (Phi) is 5.42. The monoisotopic (exact) mass is 227 g/mol. The van der Waals surface area contributed by atoms with Crippen LogP contribution < -0.4 is 5.73 Å². The molecule has 1 aromatic heterocycles. The maximum Gasteiger partial charge on any atom is 0.228 e. The first-order valence-corrected chi connectivity index (χ1v) is 5.69. The second-order valence-corrected chi connectivity index (χ2v) is 4.31. The average Bonchev–Trinajstić information content (AvgIpc) is 2.66. The van der Waals surface area contributed by atoms with Crippen LogP contribution in [0, 0.1) is 5.92 Å². The van der Waals surface area contributed by atoms with Gasteiger partial charge in [-0.2, -0.15) is 4.98 Å². The quantitative estimate of drug-likeness (QED) is 0.708. The van der Waals surface area contributed by atoms with Crippen LogP contribution in [0.3, 0.4) is 0 Å². The number of methoxy groups -OCH3 is 1. The molecule has 0 fully saturated rings. The molecule has 1 aromatic rings. The lowest BCUT2D eigenvalue weighted by molar-refractivity contribution is 0.194. The molecule has 0 saturated carbocycles. The van der Waals surface area contributed by atoms with E-state index in [1.54, 1.807) is 7.11 Å². The third-order valence-electron chi connectivity index (χ3n) is 2.53. The van der Waals surface area contributed by atoms with Gasteiger partial charge in [0.15, 0.2) is 5.82 Å². The average molecular weight is 227 g/mol. The lowest BCUT2D eigenvalue weighted by Gasteiger charge is -2.11. The number of nitrogens with two attached hydrogens (primary N) is 1. The summed E-state index contributed by atoms with van der Waals surface area (Å²) in [5, 5.41) is 3.90. The zero-order valence-electron chi connectivity index (χ0n) is 10.3. The number of aromatic nitrogens is 2. The molecule has 0 aromatic carbocycles. The minimum atomic E-state index is 0.0762. The summed E-state index contributed by atoms with van der Waals surface area (Å²) >= 11 is 0. The molecule has 0 aliphatic heterocycles. The van der Waals surface area contributed by atoms with Crippen molar-refractivity contribution in [2.45, 2.75) is 39.2 Å². The van der Waals surface area contributed by atoms with Crippen molar-refractivity contribution in [3.05, 3.63) is 11.7 Å². The maximum atomic E-state index is 5.93. The molecule has 0 amide bonds. The van der Waals surface area contributed by atoms with Crippen LogP contribution in [0.25, 0.3) is 0 Å². The molecule has 0 aliphatic carbocycles. The first kappa shape index (κ1) is 13.1. The molecule has 1 atom stereocenters. The predicted octanol–water partition coefficient (Wildman–Crippen LogP) is 1.17. The van der Waals surface area contributed by atoms with E-state index >= 15 is 0 Å². The van der Waals surface area contributed by atoms with Crippen LogP contribution in [0.15, 0.2) is 4.52 Å². The molecular weight excluding hydrogens is 206 g/mol. The fourth-order valence-electron chi connectivity index (χ4n) is 1.29. The van der Waals surface area contributed by atoms with Gasteiger partial charge < -0.3 is 15.0 Å². The van der Waals surface area contributed by atoms with Crippen molar-refractivity contribution in [3.63, 3.8) is 0 Å². The molecule has 1 unspecified atom stereocenters. The van der Waals surface area contributed by atoms with Gasteiger partial charge in [0, 0.05) is 32.6 Å². The number of hydrogen-bond donors (Lipinski definition) is 1. The topological polar surface area (TPSA) is 74.2 Å². The molecule has 5 heteroatoms. The van der Waals surface area contributed by atoms with E-state index in [4.69, 9.17) is 15.0 Å². The number of nitrogens with zero attached hydrogens (tertiary/aromatic N) is 2. The van der Waals surface area contributed by atoms with Crippen LogP contribution in [-0.4, -0.2) is 29.9 Å². The summed E-state index contributed by atoms with van der Waals surface area (Å²) in [6, 6.07) is 0.0762. The molecule has 2 N–H and O–H groups in total. The largest absolute Gasteiger partial charge is 0.385 e. The highest BCUT2D eigenvalue weighted by molar-refractivity contribution is 4.89. The van der Waals surface area contributed by atoms with Crippen LogP contribution in [-0.2, 0) is 17.6 Å². The molecule has 5 nitrogen and oxygen atoms in total. The van der Waals surface area contributed by atoms with Crippen LogP contribution >= 0.6 is 0 Å². The Morgan fingerprint density at radius 2 is 2.19 bits per heavy atom. The number of hydrogen-bond acceptors (Lipinski definition) is 5. The lowest BCUT2D eigenvalue weighted by Crippen LogP contribution is -2.28. The highest BCUT2D eigenvalue weighted by atomic mass is 16.5. The molecule has 0 saturated heterocycles. The van der Waals surface area contributed by atoms with Crippen molar-refractivity contribution in [3.8, 4) is 0 Å². The Morgan fingerprint density at radius 3 is 2.81 bits per heavy atom. The third kappa shape index (κ3) is 4.28. The second kappa shape index (κ2) is 6.60. The fourth-order valence-corrected chi connectivity index (χ4v) is 1.29. The Labute approximate surface area is 96.4 Å². The Hall–Kier alpha value is -0.940. The van der Waals surface area contributed by atoms with E-state index in [-0.39, 0.29) is 6.04 Å². The second-order valence-electron chi connectivity index (χ2n) is 4.31. The molecule has 0 bridgehead atoms.